The Morgan fingerprint density at radius 2 is 1.40 bits per heavy atom. The number of nitrogens with two attached hydrogens (primary N) is 4. The van der Waals surface area contributed by atoms with Crippen molar-refractivity contribution < 1.29 is 29.4 Å². The fourth-order valence-electron chi connectivity index (χ4n) is 3.15. The minimum absolute atomic E-state index is 0.0233. The molecule has 0 rings (SSSR count). The number of rotatable bonds is 18. The van der Waals surface area contributed by atoms with Gasteiger partial charge in [0.25, 0.3) is 0 Å². The maximum absolute atomic E-state index is 12.8. The molecule has 0 aliphatic carbocycles. The minimum atomic E-state index is -1.43. The van der Waals surface area contributed by atoms with Crippen LogP contribution in [0.5, 0.6) is 0 Å². The fourth-order valence-corrected chi connectivity index (χ4v) is 3.15. The first kappa shape index (κ1) is 32.0. The second kappa shape index (κ2) is 17.5. The molecule has 0 aromatic carbocycles. The van der Waals surface area contributed by atoms with Gasteiger partial charge < -0.3 is 49.1 Å². The average Bonchev–Trinajstić information content (AvgIpc) is 2.77. The standard InChI is InChI=1S/C21H42N8O6/c1-12(2)10-13(23)17(31)27-14(6-3-4-8-22)18(32)29-16(11-30)19(33)28-15(20(34)35)7-5-9-26-21(24)25/h12-16,30H,3-11,22-23H2,1-2H3,(H,27,31)(H,28,33)(H,29,32)(H,34,35)(H4,24,25,26). The second-order valence-electron chi connectivity index (χ2n) is 8.67. The van der Waals surface area contributed by atoms with Crippen molar-refractivity contribution in [1.82, 2.24) is 16.0 Å². The molecule has 35 heavy (non-hydrogen) atoms. The quantitative estimate of drug-likeness (QED) is 0.0523. The zero-order valence-corrected chi connectivity index (χ0v) is 20.5. The van der Waals surface area contributed by atoms with Gasteiger partial charge in [-0.1, -0.05) is 13.8 Å². The summed E-state index contributed by atoms with van der Waals surface area (Å²) in [6.07, 6.45) is 2.10. The van der Waals surface area contributed by atoms with Gasteiger partial charge in [-0.25, -0.2) is 4.79 Å². The third kappa shape index (κ3) is 14.1. The number of aliphatic carboxylic acids is 1. The number of carboxylic acid groups (broad SMARTS) is 1. The number of carboxylic acids is 1. The van der Waals surface area contributed by atoms with Crippen LogP contribution in [0, 0.1) is 5.92 Å². The maximum atomic E-state index is 12.8. The Morgan fingerprint density at radius 3 is 1.91 bits per heavy atom. The van der Waals surface area contributed by atoms with Crippen molar-refractivity contribution in [3.05, 3.63) is 0 Å². The number of amides is 3. The summed E-state index contributed by atoms with van der Waals surface area (Å²) >= 11 is 0. The normalized spacial score (nSPS) is 14.3. The van der Waals surface area contributed by atoms with Gasteiger partial charge in [0.15, 0.2) is 5.96 Å². The van der Waals surface area contributed by atoms with Crippen molar-refractivity contribution in [2.24, 2.45) is 33.8 Å². The zero-order valence-electron chi connectivity index (χ0n) is 20.5. The van der Waals surface area contributed by atoms with Gasteiger partial charge in [0.1, 0.15) is 18.1 Å². The number of nitrogens with zero attached hydrogens (tertiary/aromatic N) is 1. The van der Waals surface area contributed by atoms with Crippen LogP contribution in [0.3, 0.4) is 0 Å². The van der Waals surface area contributed by atoms with Crippen LogP contribution in [0.2, 0.25) is 0 Å². The summed E-state index contributed by atoms with van der Waals surface area (Å²) in [5, 5.41) is 26.3. The van der Waals surface area contributed by atoms with Crippen LogP contribution in [0.4, 0.5) is 0 Å². The number of nitrogens with one attached hydrogen (secondary N) is 3. The van der Waals surface area contributed by atoms with E-state index >= 15 is 0 Å². The molecule has 0 fully saturated rings. The topological polar surface area (TPSA) is 261 Å². The molecular formula is C21H42N8O6. The number of guanidine groups is 1. The van der Waals surface area contributed by atoms with Gasteiger partial charge in [-0.05, 0) is 51.0 Å². The summed E-state index contributed by atoms with van der Waals surface area (Å²) in [5.74, 6) is -3.37. The molecule has 0 heterocycles. The van der Waals surface area contributed by atoms with Crippen LogP contribution in [0.25, 0.3) is 0 Å². The highest BCUT2D eigenvalue weighted by molar-refractivity contribution is 5.94. The first-order valence-corrected chi connectivity index (χ1v) is 11.7. The zero-order chi connectivity index (χ0) is 27.0. The van der Waals surface area contributed by atoms with Gasteiger partial charge in [0.2, 0.25) is 17.7 Å². The Balaban J connectivity index is 5.20. The molecule has 0 saturated carbocycles. The van der Waals surface area contributed by atoms with Crippen LogP contribution >= 0.6 is 0 Å². The maximum Gasteiger partial charge on any atom is 0.326 e. The lowest BCUT2D eigenvalue weighted by Crippen LogP contribution is -2.58. The van der Waals surface area contributed by atoms with Gasteiger partial charge in [-0.3, -0.25) is 19.4 Å². The molecule has 0 radical (unpaired) electrons. The predicted molar refractivity (Wildman–Crippen MR) is 131 cm³/mol. The van der Waals surface area contributed by atoms with E-state index in [0.717, 1.165) is 0 Å². The Labute approximate surface area is 205 Å². The Kier molecular flexibility index (Phi) is 16.0. The number of carbonyl (C=O) groups excluding carboxylic acids is 3. The number of carbonyl (C=O) groups is 4. The van der Waals surface area contributed by atoms with Crippen LogP contribution in [-0.2, 0) is 19.2 Å². The molecule has 0 saturated heterocycles. The molecular weight excluding hydrogens is 460 g/mol. The Hall–Kier alpha value is -2.97. The lowest BCUT2D eigenvalue weighted by molar-refractivity contribution is -0.142. The van der Waals surface area contributed by atoms with E-state index in [2.05, 4.69) is 20.9 Å². The van der Waals surface area contributed by atoms with Crippen LogP contribution in [-0.4, -0.2) is 83.7 Å². The van der Waals surface area contributed by atoms with Gasteiger partial charge in [-0.15, -0.1) is 0 Å². The molecule has 14 nitrogen and oxygen atoms in total. The van der Waals surface area contributed by atoms with E-state index in [4.69, 9.17) is 22.9 Å². The van der Waals surface area contributed by atoms with Crippen molar-refractivity contribution in [2.75, 3.05) is 19.7 Å². The third-order valence-electron chi connectivity index (χ3n) is 5.02. The molecule has 4 atom stereocenters. The Bertz CT molecular complexity index is 714. The van der Waals surface area contributed by atoms with E-state index in [0.29, 0.717) is 25.8 Å². The molecule has 13 N–H and O–H groups in total. The summed E-state index contributed by atoms with van der Waals surface area (Å²) in [5.41, 5.74) is 21.8. The third-order valence-corrected chi connectivity index (χ3v) is 5.02. The van der Waals surface area contributed by atoms with Crippen LogP contribution < -0.4 is 38.9 Å². The van der Waals surface area contributed by atoms with Crippen molar-refractivity contribution in [3.8, 4) is 0 Å². The highest BCUT2D eigenvalue weighted by Gasteiger charge is 2.29. The molecule has 202 valence electrons. The molecule has 0 aliphatic rings. The van der Waals surface area contributed by atoms with Gasteiger partial charge >= 0.3 is 5.97 Å². The van der Waals surface area contributed by atoms with Crippen molar-refractivity contribution in [2.45, 2.75) is 76.5 Å². The molecule has 14 heteroatoms. The minimum Gasteiger partial charge on any atom is -0.480 e. The summed E-state index contributed by atoms with van der Waals surface area (Å²) in [6.45, 7) is 3.61. The molecule has 3 amide bonds. The highest BCUT2D eigenvalue weighted by atomic mass is 16.4. The van der Waals surface area contributed by atoms with Crippen LogP contribution in [0.1, 0.15) is 52.4 Å². The number of aliphatic hydroxyl groups excluding tert-OH is 1. The van der Waals surface area contributed by atoms with Crippen molar-refractivity contribution >= 4 is 29.7 Å². The lowest BCUT2D eigenvalue weighted by Gasteiger charge is -2.24. The van der Waals surface area contributed by atoms with E-state index in [-0.39, 0.29) is 37.7 Å². The molecule has 0 aromatic rings. The molecule has 0 aliphatic heterocycles. The number of aliphatic imine (C=N–C) groups is 1. The largest absolute Gasteiger partial charge is 0.480 e. The summed E-state index contributed by atoms with van der Waals surface area (Å²) in [6, 6.07) is -4.53. The smallest absolute Gasteiger partial charge is 0.326 e. The SMILES string of the molecule is CC(C)CC(N)C(=O)NC(CCCCN)C(=O)NC(CO)C(=O)NC(CCCN=C(N)N)C(=O)O. The number of hydrogen-bond donors (Lipinski definition) is 9. The first-order chi connectivity index (χ1) is 16.4. The summed E-state index contributed by atoms with van der Waals surface area (Å²) in [4.78, 5) is 53.1. The van der Waals surface area contributed by atoms with E-state index in [9.17, 15) is 29.4 Å². The van der Waals surface area contributed by atoms with Gasteiger partial charge in [0.05, 0.1) is 12.6 Å². The number of aliphatic hydroxyl groups is 1. The van der Waals surface area contributed by atoms with Crippen molar-refractivity contribution in [1.29, 1.82) is 0 Å². The van der Waals surface area contributed by atoms with Crippen LogP contribution in [0.15, 0.2) is 4.99 Å². The molecule has 0 aromatic heterocycles. The molecule has 4 unspecified atom stereocenters. The first-order valence-electron chi connectivity index (χ1n) is 11.7. The van der Waals surface area contributed by atoms with E-state index < -0.39 is 54.5 Å². The molecule has 0 spiro atoms. The summed E-state index contributed by atoms with van der Waals surface area (Å²) in [7, 11) is 0. The number of hydrogen-bond acceptors (Lipinski definition) is 8. The van der Waals surface area contributed by atoms with Gasteiger partial charge in [0, 0.05) is 6.54 Å². The lowest BCUT2D eigenvalue weighted by atomic mass is 10.0. The molecule has 0 bridgehead atoms. The van der Waals surface area contributed by atoms with E-state index in [1.54, 1.807) is 0 Å². The monoisotopic (exact) mass is 502 g/mol. The van der Waals surface area contributed by atoms with Crippen molar-refractivity contribution in [3.63, 3.8) is 0 Å². The highest BCUT2D eigenvalue weighted by Crippen LogP contribution is 2.06. The van der Waals surface area contributed by atoms with Gasteiger partial charge in [-0.2, -0.15) is 0 Å². The summed E-state index contributed by atoms with van der Waals surface area (Å²) < 4.78 is 0. The van der Waals surface area contributed by atoms with E-state index in [1.807, 2.05) is 13.8 Å². The number of unbranched alkanes of at least 4 members (excludes halogenated alkanes) is 1. The second-order valence-corrected chi connectivity index (χ2v) is 8.67. The fraction of sp³-hybridized carbons (Fsp3) is 0.762. The predicted octanol–water partition coefficient (Wildman–Crippen LogP) is -2.93. The van der Waals surface area contributed by atoms with E-state index in [1.165, 1.54) is 0 Å². The average molecular weight is 503 g/mol. The Morgan fingerprint density at radius 1 is 0.857 bits per heavy atom.